The van der Waals surface area contributed by atoms with Crippen molar-refractivity contribution in [2.75, 3.05) is 65.0 Å². The number of ether oxygens (including phenoxy) is 2. The molecule has 1 saturated heterocycles. The van der Waals surface area contributed by atoms with Gasteiger partial charge < -0.3 is 29.2 Å². The largest absolute Gasteiger partial charge is 0.493 e. The third-order valence-electron chi connectivity index (χ3n) is 5.86. The van der Waals surface area contributed by atoms with Gasteiger partial charge in [0.05, 0.1) is 48.2 Å². The number of halogens is 2. The van der Waals surface area contributed by atoms with E-state index in [1.807, 2.05) is 0 Å². The van der Waals surface area contributed by atoms with Crippen LogP contribution in [0.2, 0.25) is 10.0 Å². The van der Waals surface area contributed by atoms with Crippen molar-refractivity contribution in [3.63, 3.8) is 0 Å². The molecule has 1 aliphatic rings. The number of furan rings is 1. The summed E-state index contributed by atoms with van der Waals surface area (Å²) in [6.45, 7) is 4.01. The molecule has 0 radical (unpaired) electrons. The zero-order valence-corrected chi connectivity index (χ0v) is 21.1. The third kappa shape index (κ3) is 5.74. The Labute approximate surface area is 217 Å². The second kappa shape index (κ2) is 11.9. The number of aliphatic hydroxyl groups is 1. The van der Waals surface area contributed by atoms with Crippen LogP contribution in [0.3, 0.4) is 0 Å². The van der Waals surface area contributed by atoms with Crippen molar-refractivity contribution < 1.29 is 28.6 Å². The molecule has 2 N–H and O–H groups in total. The molecule has 1 fully saturated rings. The van der Waals surface area contributed by atoms with Crippen LogP contribution < -0.4 is 10.1 Å². The predicted octanol–water partition coefficient (Wildman–Crippen LogP) is 3.16. The van der Waals surface area contributed by atoms with Crippen LogP contribution in [0.5, 0.6) is 5.75 Å². The molecule has 0 unspecified atom stereocenters. The minimum absolute atomic E-state index is 0.000826. The summed E-state index contributed by atoms with van der Waals surface area (Å²) in [6.07, 6.45) is 2.76. The number of fused-ring (bicyclic) bond motifs is 1. The lowest BCUT2D eigenvalue weighted by Gasteiger charge is -2.34. The van der Waals surface area contributed by atoms with Gasteiger partial charge in [-0.3, -0.25) is 19.5 Å². The minimum atomic E-state index is -0.477. The first-order valence-electron chi connectivity index (χ1n) is 11.3. The van der Waals surface area contributed by atoms with E-state index in [1.165, 1.54) is 19.5 Å². The number of aliphatic hydroxyl groups excluding tert-OH is 1. The van der Waals surface area contributed by atoms with Gasteiger partial charge in [-0.2, -0.15) is 0 Å². The minimum Gasteiger partial charge on any atom is -0.493 e. The number of aromatic nitrogens is 1. The number of anilines is 1. The van der Waals surface area contributed by atoms with Crippen LogP contribution in [-0.4, -0.2) is 91.4 Å². The Balaban J connectivity index is 1.52. The zero-order chi connectivity index (χ0) is 25.7. The Kier molecular flexibility index (Phi) is 8.65. The fourth-order valence-corrected chi connectivity index (χ4v) is 4.42. The molecule has 1 aliphatic heterocycles. The summed E-state index contributed by atoms with van der Waals surface area (Å²) in [5.41, 5.74) is 0.798. The molecule has 0 bridgehead atoms. The topological polar surface area (TPSA) is 117 Å². The standard InChI is InChI=1S/C24H26Cl2N4O6/c1-34-19-3-2-15(23(32)28-21-17(25)13-27-14-18(21)26)16-12-20(36-22(16)19)24(33)30-6-4-29(5-7-30)8-10-35-11-9-31/h2-3,12-14,31H,4-11H2,1H3,(H,27,28,32). The monoisotopic (exact) mass is 536 g/mol. The summed E-state index contributed by atoms with van der Waals surface area (Å²) in [7, 11) is 1.48. The fourth-order valence-electron chi connectivity index (χ4n) is 3.97. The molecule has 192 valence electrons. The molecule has 1 aromatic carbocycles. The Morgan fingerprint density at radius 2 is 1.86 bits per heavy atom. The summed E-state index contributed by atoms with van der Waals surface area (Å²) >= 11 is 12.3. The van der Waals surface area contributed by atoms with Gasteiger partial charge in [-0.15, -0.1) is 0 Å². The van der Waals surface area contributed by atoms with Gasteiger partial charge in [0.25, 0.3) is 11.8 Å². The number of hydrogen-bond acceptors (Lipinski definition) is 8. The molecule has 12 heteroatoms. The highest BCUT2D eigenvalue weighted by Gasteiger charge is 2.27. The number of nitrogens with one attached hydrogen (secondary N) is 1. The van der Waals surface area contributed by atoms with E-state index in [0.29, 0.717) is 56.1 Å². The van der Waals surface area contributed by atoms with Crippen LogP contribution in [0, 0.1) is 0 Å². The molecule has 2 aromatic heterocycles. The van der Waals surface area contributed by atoms with Gasteiger partial charge in [-0.05, 0) is 18.2 Å². The van der Waals surface area contributed by atoms with E-state index < -0.39 is 5.91 Å². The molecular weight excluding hydrogens is 511 g/mol. The van der Waals surface area contributed by atoms with Gasteiger partial charge in [-0.1, -0.05) is 23.2 Å². The second-order valence-corrected chi connectivity index (χ2v) is 8.89. The first kappa shape index (κ1) is 26.2. The first-order valence-corrected chi connectivity index (χ1v) is 12.1. The van der Waals surface area contributed by atoms with Crippen molar-refractivity contribution >= 4 is 51.7 Å². The van der Waals surface area contributed by atoms with Crippen LogP contribution >= 0.6 is 23.2 Å². The van der Waals surface area contributed by atoms with Crippen LogP contribution in [0.15, 0.2) is 35.0 Å². The number of benzene rings is 1. The number of nitrogens with zero attached hydrogens (tertiary/aromatic N) is 3. The fraction of sp³-hybridized carbons (Fsp3) is 0.375. The van der Waals surface area contributed by atoms with E-state index in [2.05, 4.69) is 15.2 Å². The van der Waals surface area contributed by atoms with Gasteiger partial charge in [0.1, 0.15) is 0 Å². The maximum absolute atomic E-state index is 13.2. The van der Waals surface area contributed by atoms with Crippen LogP contribution in [0.1, 0.15) is 20.9 Å². The van der Waals surface area contributed by atoms with Gasteiger partial charge in [0.2, 0.25) is 0 Å². The molecule has 2 amide bonds. The summed E-state index contributed by atoms with van der Waals surface area (Å²) in [5.74, 6) is -0.234. The SMILES string of the molecule is COc1ccc(C(=O)Nc2c(Cl)cncc2Cl)c2cc(C(=O)N3CCN(CCOCCO)CC3)oc12. The smallest absolute Gasteiger partial charge is 0.289 e. The van der Waals surface area contributed by atoms with Crippen molar-refractivity contribution in [1.82, 2.24) is 14.8 Å². The number of carbonyl (C=O) groups excluding carboxylic acids is 2. The maximum Gasteiger partial charge on any atom is 0.289 e. The number of piperazine rings is 1. The van der Waals surface area contributed by atoms with E-state index in [1.54, 1.807) is 23.1 Å². The average Bonchev–Trinajstić information content (AvgIpc) is 3.34. The lowest BCUT2D eigenvalue weighted by atomic mass is 10.1. The highest BCUT2D eigenvalue weighted by Crippen LogP contribution is 2.34. The molecule has 0 atom stereocenters. The summed E-state index contributed by atoms with van der Waals surface area (Å²) in [4.78, 5) is 34.1. The molecule has 3 aromatic rings. The van der Waals surface area contributed by atoms with E-state index in [0.717, 1.165) is 6.54 Å². The normalized spacial score (nSPS) is 14.3. The Bertz CT molecular complexity index is 1220. The van der Waals surface area contributed by atoms with Crippen LogP contribution in [0.4, 0.5) is 5.69 Å². The van der Waals surface area contributed by atoms with Crippen molar-refractivity contribution in [2.24, 2.45) is 0 Å². The van der Waals surface area contributed by atoms with Crippen LogP contribution in [-0.2, 0) is 4.74 Å². The van der Waals surface area contributed by atoms with E-state index >= 15 is 0 Å². The van der Waals surface area contributed by atoms with Crippen molar-refractivity contribution in [2.45, 2.75) is 0 Å². The third-order valence-corrected chi connectivity index (χ3v) is 6.43. The lowest BCUT2D eigenvalue weighted by molar-refractivity contribution is 0.0470. The Morgan fingerprint density at radius 1 is 1.14 bits per heavy atom. The summed E-state index contributed by atoms with van der Waals surface area (Å²) in [6, 6.07) is 4.74. The average molecular weight is 537 g/mol. The van der Waals surface area contributed by atoms with Gasteiger partial charge >= 0.3 is 0 Å². The maximum atomic E-state index is 13.2. The van der Waals surface area contributed by atoms with Crippen molar-refractivity contribution in [1.29, 1.82) is 0 Å². The predicted molar refractivity (Wildman–Crippen MR) is 135 cm³/mol. The van der Waals surface area contributed by atoms with E-state index in [4.69, 9.17) is 42.2 Å². The van der Waals surface area contributed by atoms with Gasteiger partial charge in [0, 0.05) is 50.5 Å². The molecule has 36 heavy (non-hydrogen) atoms. The number of hydrogen-bond donors (Lipinski definition) is 2. The number of pyridine rings is 1. The molecule has 0 aliphatic carbocycles. The molecule has 0 saturated carbocycles. The number of amides is 2. The second-order valence-electron chi connectivity index (χ2n) is 8.07. The number of rotatable bonds is 9. The van der Waals surface area contributed by atoms with E-state index in [9.17, 15) is 9.59 Å². The quantitative estimate of drug-likeness (QED) is 0.400. The summed E-state index contributed by atoms with van der Waals surface area (Å²) < 4.78 is 16.6. The lowest BCUT2D eigenvalue weighted by Crippen LogP contribution is -2.49. The van der Waals surface area contributed by atoms with Crippen molar-refractivity contribution in [3.8, 4) is 5.75 Å². The Hall–Kier alpha value is -2.89. The van der Waals surface area contributed by atoms with Gasteiger partial charge in [-0.25, -0.2) is 0 Å². The molecule has 0 spiro atoms. The molecule has 3 heterocycles. The highest BCUT2D eigenvalue weighted by molar-refractivity contribution is 6.39. The summed E-state index contributed by atoms with van der Waals surface area (Å²) in [5, 5.41) is 12.3. The first-order chi connectivity index (χ1) is 17.4. The van der Waals surface area contributed by atoms with Gasteiger partial charge in [0.15, 0.2) is 17.1 Å². The van der Waals surface area contributed by atoms with Crippen LogP contribution in [0.25, 0.3) is 11.0 Å². The number of methoxy groups -OCH3 is 1. The number of carbonyl (C=O) groups is 2. The molecule has 10 nitrogen and oxygen atoms in total. The van der Waals surface area contributed by atoms with Crippen molar-refractivity contribution in [3.05, 3.63) is 52.0 Å². The molecule has 4 rings (SSSR count). The zero-order valence-electron chi connectivity index (χ0n) is 19.6. The molecular formula is C24H26Cl2N4O6. The highest BCUT2D eigenvalue weighted by atomic mass is 35.5. The van der Waals surface area contributed by atoms with E-state index in [-0.39, 0.29) is 39.6 Å². The Morgan fingerprint density at radius 3 is 2.53 bits per heavy atom.